The Morgan fingerprint density at radius 3 is 2.56 bits per heavy atom. The third-order valence-electron chi connectivity index (χ3n) is 5.06. The van der Waals surface area contributed by atoms with E-state index in [0.29, 0.717) is 18.8 Å². The number of benzene rings is 1. The fourth-order valence-corrected chi connectivity index (χ4v) is 3.90. The van der Waals surface area contributed by atoms with Gasteiger partial charge in [-0.15, -0.1) is 0 Å². The first-order valence-corrected chi connectivity index (χ1v) is 11.1. The van der Waals surface area contributed by atoms with Crippen LogP contribution in [0, 0.1) is 5.92 Å². The van der Waals surface area contributed by atoms with Gasteiger partial charge >= 0.3 is 10.1 Å². The van der Waals surface area contributed by atoms with E-state index in [1.165, 1.54) is 7.11 Å². The van der Waals surface area contributed by atoms with Crippen LogP contribution in [-0.2, 0) is 26.2 Å². The maximum absolute atomic E-state index is 12.9. The summed E-state index contributed by atoms with van der Waals surface area (Å²) >= 11 is 0. The topological polar surface area (TPSA) is 82.1 Å². The third kappa shape index (κ3) is 5.35. The van der Waals surface area contributed by atoms with Gasteiger partial charge < -0.3 is 18.6 Å². The Labute approximate surface area is 160 Å². The van der Waals surface area contributed by atoms with Crippen LogP contribution in [0.25, 0.3) is 0 Å². The molecule has 0 aromatic heterocycles. The first kappa shape index (κ1) is 19.9. The van der Waals surface area contributed by atoms with Crippen molar-refractivity contribution >= 4 is 16.0 Å². The van der Waals surface area contributed by atoms with Gasteiger partial charge in [-0.3, -0.25) is 4.79 Å². The Hall–Kier alpha value is -1.80. The maximum Gasteiger partial charge on any atom is 0.306 e. The largest absolute Gasteiger partial charge is 0.493 e. The highest BCUT2D eigenvalue weighted by Gasteiger charge is 2.31. The molecule has 2 fully saturated rings. The summed E-state index contributed by atoms with van der Waals surface area (Å²) in [5, 5.41) is 0. The molecule has 1 aromatic rings. The monoisotopic (exact) mass is 397 g/mol. The first-order chi connectivity index (χ1) is 12.9. The van der Waals surface area contributed by atoms with E-state index < -0.39 is 10.1 Å². The molecular formula is C19H27NO6S. The summed E-state index contributed by atoms with van der Waals surface area (Å²) in [4.78, 5) is 14.7. The minimum absolute atomic E-state index is 0.0685. The van der Waals surface area contributed by atoms with E-state index in [9.17, 15) is 13.2 Å². The van der Waals surface area contributed by atoms with Gasteiger partial charge in [-0.05, 0) is 43.4 Å². The average Bonchev–Trinajstić information content (AvgIpc) is 3.04. The van der Waals surface area contributed by atoms with E-state index >= 15 is 0 Å². The lowest BCUT2D eigenvalue weighted by atomic mass is 9.84. The minimum Gasteiger partial charge on any atom is -0.493 e. The van der Waals surface area contributed by atoms with Crippen molar-refractivity contribution < 1.29 is 26.9 Å². The van der Waals surface area contributed by atoms with Crippen LogP contribution < -0.4 is 8.92 Å². The number of methoxy groups -OCH3 is 1. The zero-order valence-electron chi connectivity index (χ0n) is 15.8. The molecule has 1 amide bonds. The van der Waals surface area contributed by atoms with Gasteiger partial charge in [0.15, 0.2) is 11.5 Å². The van der Waals surface area contributed by atoms with Crippen LogP contribution in [0.15, 0.2) is 18.2 Å². The van der Waals surface area contributed by atoms with E-state index in [1.54, 1.807) is 12.1 Å². The van der Waals surface area contributed by atoms with Crippen molar-refractivity contribution in [1.29, 1.82) is 0 Å². The normalized spacial score (nSPS) is 20.1. The molecule has 0 radical (unpaired) electrons. The fraction of sp³-hybridized carbons (Fsp3) is 0.632. The van der Waals surface area contributed by atoms with Crippen molar-refractivity contribution in [3.63, 3.8) is 0 Å². The summed E-state index contributed by atoms with van der Waals surface area (Å²) in [6, 6.07) is 5.11. The number of nitrogens with zero attached hydrogens (tertiary/aromatic N) is 1. The standard InChI is InChI=1S/C19H27NO6S/c1-24-17-9-8-14(11-18(17)26-27(2,22)23)12-20(13-16-7-4-10-25-16)19(21)15-5-3-6-15/h8-9,11,15-16H,3-7,10,12-13H2,1-2H3/t16-/m0/s1. The first-order valence-electron chi connectivity index (χ1n) is 9.32. The number of hydrogen-bond acceptors (Lipinski definition) is 6. The van der Waals surface area contributed by atoms with E-state index in [-0.39, 0.29) is 23.7 Å². The smallest absolute Gasteiger partial charge is 0.306 e. The molecule has 1 atom stereocenters. The van der Waals surface area contributed by atoms with E-state index in [4.69, 9.17) is 13.7 Å². The molecule has 0 spiro atoms. The summed E-state index contributed by atoms with van der Waals surface area (Å²) in [6.07, 6.45) is 6.00. The molecule has 0 bridgehead atoms. The lowest BCUT2D eigenvalue weighted by Crippen LogP contribution is -2.42. The Morgan fingerprint density at radius 2 is 2.00 bits per heavy atom. The summed E-state index contributed by atoms with van der Waals surface area (Å²) < 4.78 is 39.0. The second-order valence-corrected chi connectivity index (χ2v) is 8.83. The quantitative estimate of drug-likeness (QED) is 0.626. The summed E-state index contributed by atoms with van der Waals surface area (Å²) in [5.74, 6) is 0.709. The zero-order valence-corrected chi connectivity index (χ0v) is 16.7. The molecule has 1 saturated carbocycles. The molecule has 1 saturated heterocycles. The number of rotatable bonds is 8. The van der Waals surface area contributed by atoms with Crippen LogP contribution in [-0.4, -0.2) is 51.8 Å². The average molecular weight is 397 g/mol. The SMILES string of the molecule is COc1ccc(CN(C[C@@H]2CCCO2)C(=O)C2CCC2)cc1OS(C)(=O)=O. The predicted octanol–water partition coefficient (Wildman–Crippen LogP) is 2.34. The molecule has 1 heterocycles. The molecule has 1 aliphatic heterocycles. The van der Waals surface area contributed by atoms with Crippen molar-refractivity contribution in [3.8, 4) is 11.5 Å². The molecule has 3 rings (SSSR count). The van der Waals surface area contributed by atoms with Crippen LogP contribution >= 0.6 is 0 Å². The molecule has 150 valence electrons. The summed E-state index contributed by atoms with van der Waals surface area (Å²) in [5.41, 5.74) is 0.792. The Morgan fingerprint density at radius 1 is 1.22 bits per heavy atom. The number of carbonyl (C=O) groups is 1. The molecule has 1 aliphatic carbocycles. The lowest BCUT2D eigenvalue weighted by Gasteiger charge is -2.33. The van der Waals surface area contributed by atoms with Gasteiger partial charge in [0.05, 0.1) is 19.5 Å². The van der Waals surface area contributed by atoms with Gasteiger partial charge in [0.2, 0.25) is 5.91 Å². The van der Waals surface area contributed by atoms with E-state index in [0.717, 1.165) is 50.5 Å². The Balaban J connectivity index is 1.78. The third-order valence-corrected chi connectivity index (χ3v) is 5.54. The maximum atomic E-state index is 12.9. The van der Waals surface area contributed by atoms with Gasteiger partial charge in [-0.25, -0.2) is 0 Å². The van der Waals surface area contributed by atoms with Crippen LogP contribution in [0.4, 0.5) is 0 Å². The van der Waals surface area contributed by atoms with Crippen LogP contribution in [0.3, 0.4) is 0 Å². The highest BCUT2D eigenvalue weighted by Crippen LogP contribution is 2.32. The minimum atomic E-state index is -3.68. The molecule has 27 heavy (non-hydrogen) atoms. The van der Waals surface area contributed by atoms with Crippen LogP contribution in [0.5, 0.6) is 11.5 Å². The van der Waals surface area contributed by atoms with Crippen molar-refractivity contribution in [3.05, 3.63) is 23.8 Å². The molecule has 7 nitrogen and oxygen atoms in total. The lowest BCUT2D eigenvalue weighted by molar-refractivity contribution is -0.140. The van der Waals surface area contributed by atoms with Gasteiger partial charge in [0.25, 0.3) is 0 Å². The van der Waals surface area contributed by atoms with Gasteiger partial charge in [-0.2, -0.15) is 8.42 Å². The molecule has 0 N–H and O–H groups in total. The second kappa shape index (κ2) is 8.48. The van der Waals surface area contributed by atoms with Gasteiger partial charge in [0.1, 0.15) is 0 Å². The highest BCUT2D eigenvalue weighted by molar-refractivity contribution is 7.86. The van der Waals surface area contributed by atoms with Gasteiger partial charge in [0, 0.05) is 25.6 Å². The molecule has 1 aromatic carbocycles. The molecule has 0 unspecified atom stereocenters. The van der Waals surface area contributed by atoms with Crippen molar-refractivity contribution in [2.75, 3.05) is 26.5 Å². The van der Waals surface area contributed by atoms with Crippen molar-refractivity contribution in [2.45, 2.75) is 44.8 Å². The second-order valence-electron chi connectivity index (χ2n) is 7.25. The summed E-state index contributed by atoms with van der Waals surface area (Å²) in [6.45, 7) is 1.69. The number of ether oxygens (including phenoxy) is 2. The number of amides is 1. The predicted molar refractivity (Wildman–Crippen MR) is 100 cm³/mol. The highest BCUT2D eigenvalue weighted by atomic mass is 32.2. The Bertz CT molecular complexity index is 768. The van der Waals surface area contributed by atoms with E-state index in [1.807, 2.05) is 11.0 Å². The van der Waals surface area contributed by atoms with Crippen molar-refractivity contribution in [2.24, 2.45) is 5.92 Å². The number of carbonyl (C=O) groups excluding carboxylic acids is 1. The molecular weight excluding hydrogens is 370 g/mol. The Kier molecular flexibility index (Phi) is 6.26. The summed E-state index contributed by atoms with van der Waals surface area (Å²) in [7, 11) is -2.23. The van der Waals surface area contributed by atoms with E-state index in [2.05, 4.69) is 0 Å². The molecule has 2 aliphatic rings. The van der Waals surface area contributed by atoms with Crippen molar-refractivity contribution in [1.82, 2.24) is 4.90 Å². The van der Waals surface area contributed by atoms with Crippen LogP contribution in [0.2, 0.25) is 0 Å². The fourth-order valence-electron chi connectivity index (χ4n) is 3.45. The molecule has 8 heteroatoms. The van der Waals surface area contributed by atoms with Crippen LogP contribution in [0.1, 0.15) is 37.7 Å². The zero-order chi connectivity index (χ0) is 19.4. The number of hydrogen-bond donors (Lipinski definition) is 0. The van der Waals surface area contributed by atoms with Gasteiger partial charge in [-0.1, -0.05) is 12.5 Å².